The molecular formula is C20H33N5O2Si. The van der Waals surface area contributed by atoms with E-state index in [1.807, 2.05) is 16.8 Å². The van der Waals surface area contributed by atoms with E-state index in [0.717, 1.165) is 43.1 Å². The fourth-order valence-corrected chi connectivity index (χ4v) is 4.33. The summed E-state index contributed by atoms with van der Waals surface area (Å²) in [6.45, 7) is 12.6. The summed E-state index contributed by atoms with van der Waals surface area (Å²) in [5.74, 6) is 0.457. The number of urea groups is 1. The molecule has 1 aliphatic carbocycles. The number of carbonyl (C=O) groups is 1. The van der Waals surface area contributed by atoms with Gasteiger partial charge in [-0.15, -0.1) is 0 Å². The maximum Gasteiger partial charge on any atom is 0.320 e. The highest BCUT2D eigenvalue weighted by Crippen LogP contribution is 2.37. The Labute approximate surface area is 168 Å². The van der Waals surface area contributed by atoms with Crippen LogP contribution in [0.5, 0.6) is 0 Å². The van der Waals surface area contributed by atoms with E-state index in [1.54, 1.807) is 6.20 Å². The quantitative estimate of drug-likeness (QED) is 0.529. The summed E-state index contributed by atoms with van der Waals surface area (Å²) in [5.41, 5.74) is 1.64. The number of aromatic nitrogens is 3. The molecule has 3 rings (SSSR count). The minimum atomic E-state index is -1.09. The molecule has 2 aromatic heterocycles. The number of anilines is 1. The minimum Gasteiger partial charge on any atom is -0.361 e. The molecule has 0 aliphatic heterocycles. The number of nitrogens with one attached hydrogen (secondary N) is 2. The molecule has 2 heterocycles. The molecule has 154 valence electrons. The first-order valence-electron chi connectivity index (χ1n) is 10.1. The van der Waals surface area contributed by atoms with Gasteiger partial charge in [-0.1, -0.05) is 39.9 Å². The second-order valence-electron chi connectivity index (χ2n) is 9.63. The van der Waals surface area contributed by atoms with Crippen molar-refractivity contribution < 1.29 is 9.53 Å². The Morgan fingerprint density at radius 2 is 2.18 bits per heavy atom. The number of rotatable bonds is 7. The lowest BCUT2D eigenvalue weighted by Gasteiger charge is -2.27. The van der Waals surface area contributed by atoms with E-state index in [0.29, 0.717) is 12.5 Å². The SMILES string of the molecule is CC1(C)CCCC1NC(=O)Nc1cnc2c(ccn2COCC[Si](C)(C)C)n1. The third kappa shape index (κ3) is 5.32. The third-order valence-electron chi connectivity index (χ3n) is 5.49. The summed E-state index contributed by atoms with van der Waals surface area (Å²) in [6.07, 6.45) is 6.82. The maximum absolute atomic E-state index is 12.3. The minimum absolute atomic E-state index is 0.139. The predicted octanol–water partition coefficient (Wildman–Crippen LogP) is 4.44. The first-order chi connectivity index (χ1) is 13.1. The fourth-order valence-electron chi connectivity index (χ4n) is 3.57. The average Bonchev–Trinajstić information content (AvgIpc) is 3.13. The van der Waals surface area contributed by atoms with Crippen molar-refractivity contribution in [2.45, 2.75) is 71.6 Å². The van der Waals surface area contributed by atoms with E-state index in [-0.39, 0.29) is 17.5 Å². The second kappa shape index (κ2) is 8.20. The molecule has 2 amide bonds. The molecule has 0 spiro atoms. The smallest absolute Gasteiger partial charge is 0.320 e. The van der Waals surface area contributed by atoms with Gasteiger partial charge in [-0.05, 0) is 30.4 Å². The summed E-state index contributed by atoms with van der Waals surface area (Å²) in [5, 5.41) is 5.89. The van der Waals surface area contributed by atoms with Crippen LogP contribution in [0.3, 0.4) is 0 Å². The zero-order valence-corrected chi connectivity index (χ0v) is 18.7. The molecule has 8 heteroatoms. The van der Waals surface area contributed by atoms with Crippen molar-refractivity contribution in [2.75, 3.05) is 11.9 Å². The Hall–Kier alpha value is -1.93. The van der Waals surface area contributed by atoms with Crippen molar-refractivity contribution in [1.29, 1.82) is 0 Å². The van der Waals surface area contributed by atoms with Crippen LogP contribution in [0.15, 0.2) is 18.5 Å². The topological polar surface area (TPSA) is 81.1 Å². The van der Waals surface area contributed by atoms with Gasteiger partial charge in [0.25, 0.3) is 0 Å². The second-order valence-corrected chi connectivity index (χ2v) is 15.3. The monoisotopic (exact) mass is 403 g/mol. The summed E-state index contributed by atoms with van der Waals surface area (Å²) in [6, 6.07) is 3.01. The summed E-state index contributed by atoms with van der Waals surface area (Å²) >= 11 is 0. The molecule has 1 unspecified atom stereocenters. The molecule has 1 fully saturated rings. The zero-order valence-electron chi connectivity index (χ0n) is 17.7. The number of hydrogen-bond donors (Lipinski definition) is 2. The van der Waals surface area contributed by atoms with E-state index in [1.165, 1.54) is 0 Å². The van der Waals surface area contributed by atoms with Gasteiger partial charge in [0.05, 0.1) is 6.20 Å². The number of nitrogens with zero attached hydrogens (tertiary/aromatic N) is 3. The lowest BCUT2D eigenvalue weighted by molar-refractivity contribution is 0.0899. The van der Waals surface area contributed by atoms with Gasteiger partial charge in [-0.3, -0.25) is 5.32 Å². The summed E-state index contributed by atoms with van der Waals surface area (Å²) in [7, 11) is -1.09. The van der Waals surface area contributed by atoms with Gasteiger partial charge in [-0.25, -0.2) is 14.8 Å². The molecule has 0 aromatic carbocycles. The Balaban J connectivity index is 1.56. The van der Waals surface area contributed by atoms with Gasteiger partial charge in [-0.2, -0.15) is 0 Å². The average molecular weight is 404 g/mol. The molecule has 0 radical (unpaired) electrons. The molecule has 2 N–H and O–H groups in total. The van der Waals surface area contributed by atoms with Crippen molar-refractivity contribution in [3.05, 3.63) is 18.5 Å². The number of amides is 2. The summed E-state index contributed by atoms with van der Waals surface area (Å²) in [4.78, 5) is 21.3. The third-order valence-corrected chi connectivity index (χ3v) is 7.20. The Bertz CT molecular complexity index is 828. The molecule has 28 heavy (non-hydrogen) atoms. The van der Waals surface area contributed by atoms with Gasteiger partial charge in [0.1, 0.15) is 12.2 Å². The van der Waals surface area contributed by atoms with E-state index in [4.69, 9.17) is 4.74 Å². The van der Waals surface area contributed by atoms with Gasteiger partial charge in [0.15, 0.2) is 11.5 Å². The van der Waals surface area contributed by atoms with Crippen LogP contribution in [0.4, 0.5) is 10.6 Å². The van der Waals surface area contributed by atoms with E-state index < -0.39 is 8.07 Å². The first kappa shape index (κ1) is 20.8. The van der Waals surface area contributed by atoms with Crippen LogP contribution in [0.25, 0.3) is 11.2 Å². The Morgan fingerprint density at radius 3 is 2.86 bits per heavy atom. The molecule has 7 nitrogen and oxygen atoms in total. The van der Waals surface area contributed by atoms with Crippen LogP contribution in [-0.2, 0) is 11.5 Å². The van der Waals surface area contributed by atoms with Crippen molar-refractivity contribution in [1.82, 2.24) is 19.9 Å². The van der Waals surface area contributed by atoms with Crippen LogP contribution < -0.4 is 10.6 Å². The van der Waals surface area contributed by atoms with Gasteiger partial charge in [0.2, 0.25) is 0 Å². The van der Waals surface area contributed by atoms with Crippen LogP contribution in [0, 0.1) is 5.41 Å². The maximum atomic E-state index is 12.3. The highest BCUT2D eigenvalue weighted by atomic mass is 28.3. The summed E-state index contributed by atoms with van der Waals surface area (Å²) < 4.78 is 7.74. The molecule has 2 aromatic rings. The molecular weight excluding hydrogens is 370 g/mol. The number of carbonyl (C=O) groups excluding carboxylic acids is 1. The molecule has 1 saturated carbocycles. The highest BCUT2D eigenvalue weighted by molar-refractivity contribution is 6.76. The van der Waals surface area contributed by atoms with Gasteiger partial charge < -0.3 is 14.6 Å². The molecule has 1 aliphatic rings. The Kier molecular flexibility index (Phi) is 6.09. The largest absolute Gasteiger partial charge is 0.361 e. The standard InChI is InChI=1S/C20H33N5O2Si/c1-20(2)9-6-7-16(20)23-19(26)24-17-13-21-18-15(22-17)8-10-25(18)14-27-11-12-28(3,4)5/h8,10,13,16H,6-7,9,11-12,14H2,1-5H3,(H2,22,23,24,26). The van der Waals surface area contributed by atoms with Gasteiger partial charge in [0, 0.05) is 26.9 Å². The number of ether oxygens (including phenoxy) is 1. The Morgan fingerprint density at radius 1 is 1.39 bits per heavy atom. The first-order valence-corrected chi connectivity index (χ1v) is 13.8. The molecule has 0 bridgehead atoms. The van der Waals surface area contributed by atoms with Crippen molar-refractivity contribution in [3.8, 4) is 0 Å². The highest BCUT2D eigenvalue weighted by Gasteiger charge is 2.35. The van der Waals surface area contributed by atoms with Crippen LogP contribution in [0.2, 0.25) is 25.7 Å². The molecule has 0 saturated heterocycles. The number of hydrogen-bond acceptors (Lipinski definition) is 4. The lowest BCUT2D eigenvalue weighted by atomic mass is 9.87. The van der Waals surface area contributed by atoms with Crippen molar-refractivity contribution in [2.24, 2.45) is 5.41 Å². The van der Waals surface area contributed by atoms with E-state index in [2.05, 4.69) is 54.1 Å². The van der Waals surface area contributed by atoms with Crippen LogP contribution >= 0.6 is 0 Å². The van der Waals surface area contributed by atoms with Crippen molar-refractivity contribution >= 4 is 31.1 Å². The van der Waals surface area contributed by atoms with E-state index >= 15 is 0 Å². The normalized spacial score (nSPS) is 19.1. The zero-order chi connectivity index (χ0) is 20.4. The van der Waals surface area contributed by atoms with Crippen molar-refractivity contribution in [3.63, 3.8) is 0 Å². The van der Waals surface area contributed by atoms with E-state index in [9.17, 15) is 4.79 Å². The molecule has 1 atom stereocenters. The van der Waals surface area contributed by atoms with Crippen LogP contribution in [-0.4, -0.2) is 41.3 Å². The lowest BCUT2D eigenvalue weighted by Crippen LogP contribution is -2.43. The van der Waals surface area contributed by atoms with Crippen LogP contribution in [0.1, 0.15) is 33.1 Å². The van der Waals surface area contributed by atoms with Gasteiger partial charge >= 0.3 is 6.03 Å². The predicted molar refractivity (Wildman–Crippen MR) is 115 cm³/mol. The number of fused-ring (bicyclic) bond motifs is 1. The fraction of sp³-hybridized carbons (Fsp3) is 0.650.